The van der Waals surface area contributed by atoms with Crippen LogP contribution >= 0.6 is 31.9 Å². The van der Waals surface area contributed by atoms with E-state index in [1.54, 1.807) is 6.92 Å². The minimum atomic E-state index is -1.43. The fraction of sp³-hybridized carbons (Fsp3) is 0.231. The zero-order chi connectivity index (χ0) is 15.4. The number of hydrogen-bond acceptors (Lipinski definition) is 3. The van der Waals surface area contributed by atoms with E-state index in [1.807, 2.05) is 0 Å². The molecule has 0 aliphatic carbocycles. The number of hydrogen-bond donors (Lipinski definition) is 1. The van der Waals surface area contributed by atoms with Crippen LogP contribution in [0.3, 0.4) is 0 Å². The van der Waals surface area contributed by atoms with Crippen molar-refractivity contribution >= 4 is 43.6 Å². The number of carboxylic acids is 1. The summed E-state index contributed by atoms with van der Waals surface area (Å²) < 4.78 is 19.2. The van der Waals surface area contributed by atoms with Crippen LogP contribution in [0.25, 0.3) is 0 Å². The lowest BCUT2D eigenvalue weighted by Gasteiger charge is -2.10. The monoisotopic (exact) mass is 408 g/mol. The first-order valence-electron chi connectivity index (χ1n) is 5.55. The summed E-state index contributed by atoms with van der Waals surface area (Å²) >= 11 is 6.16. The summed E-state index contributed by atoms with van der Waals surface area (Å²) in [4.78, 5) is 23.4. The van der Waals surface area contributed by atoms with Gasteiger partial charge in [-0.25, -0.2) is 9.18 Å². The predicted molar refractivity (Wildman–Crippen MR) is 78.2 cm³/mol. The van der Waals surface area contributed by atoms with Gasteiger partial charge in [0, 0.05) is 10.0 Å². The quantitative estimate of drug-likeness (QED) is 0.200. The molecular formula is C13H11Br2FO4. The number of carboxylic acid groups (broad SMARTS) is 1. The normalized spacial score (nSPS) is 11.3. The molecule has 7 heteroatoms. The minimum Gasteiger partial charge on any atom is -0.500 e. The molecule has 1 N–H and O–H groups in total. The van der Waals surface area contributed by atoms with Crippen molar-refractivity contribution in [1.29, 1.82) is 0 Å². The first kappa shape index (κ1) is 16.8. The van der Waals surface area contributed by atoms with Gasteiger partial charge in [0.2, 0.25) is 5.78 Å². The van der Waals surface area contributed by atoms with Gasteiger partial charge in [0.25, 0.3) is 0 Å². The summed E-state index contributed by atoms with van der Waals surface area (Å²) in [5.41, 5.74) is -0.545. The van der Waals surface area contributed by atoms with Crippen LogP contribution in [0.2, 0.25) is 0 Å². The van der Waals surface area contributed by atoms with Gasteiger partial charge in [0.15, 0.2) is 0 Å². The summed E-state index contributed by atoms with van der Waals surface area (Å²) in [5.74, 6) is -2.86. The van der Waals surface area contributed by atoms with Crippen molar-refractivity contribution in [3.05, 3.63) is 43.8 Å². The Morgan fingerprint density at radius 1 is 1.40 bits per heavy atom. The predicted octanol–water partition coefficient (Wildman–Crippen LogP) is 3.85. The van der Waals surface area contributed by atoms with E-state index in [9.17, 15) is 14.0 Å². The maximum Gasteiger partial charge on any atom is 0.342 e. The lowest BCUT2D eigenvalue weighted by atomic mass is 9.99. The van der Waals surface area contributed by atoms with Gasteiger partial charge in [-0.2, -0.15) is 0 Å². The molecule has 1 rings (SSSR count). The van der Waals surface area contributed by atoms with Gasteiger partial charge in [0.05, 0.1) is 11.1 Å². The maximum atomic E-state index is 13.8. The highest BCUT2D eigenvalue weighted by atomic mass is 79.9. The molecule has 1 aromatic rings. The third kappa shape index (κ3) is 3.46. The Labute approximate surface area is 131 Å². The van der Waals surface area contributed by atoms with E-state index < -0.39 is 23.1 Å². The van der Waals surface area contributed by atoms with Crippen molar-refractivity contribution in [1.82, 2.24) is 0 Å². The van der Waals surface area contributed by atoms with Gasteiger partial charge >= 0.3 is 5.97 Å². The Kier molecular flexibility index (Phi) is 5.88. The number of aliphatic carboxylic acids is 1. The van der Waals surface area contributed by atoms with Crippen LogP contribution < -0.4 is 0 Å². The van der Waals surface area contributed by atoms with Crippen molar-refractivity contribution in [2.75, 3.05) is 6.61 Å². The molecule has 0 radical (unpaired) electrons. The summed E-state index contributed by atoms with van der Waals surface area (Å²) in [7, 11) is 0. The van der Waals surface area contributed by atoms with Gasteiger partial charge in [-0.3, -0.25) is 4.79 Å². The number of rotatable bonds is 5. The van der Waals surface area contributed by atoms with Gasteiger partial charge in [-0.1, -0.05) is 0 Å². The second-order valence-corrected chi connectivity index (χ2v) is 5.48. The van der Waals surface area contributed by atoms with E-state index in [1.165, 1.54) is 13.0 Å². The molecular weight excluding hydrogens is 399 g/mol. The van der Waals surface area contributed by atoms with Crippen molar-refractivity contribution in [2.45, 2.75) is 13.8 Å². The van der Waals surface area contributed by atoms with Crippen LogP contribution in [0.15, 0.2) is 26.8 Å². The van der Waals surface area contributed by atoms with Gasteiger partial charge < -0.3 is 9.84 Å². The molecule has 0 fully saturated rings. The number of ether oxygens (including phenoxy) is 1. The number of halogens is 3. The van der Waals surface area contributed by atoms with Crippen LogP contribution in [-0.2, 0) is 9.53 Å². The molecule has 0 bridgehead atoms. The minimum absolute atomic E-state index is 0.0425. The molecule has 0 spiro atoms. The van der Waals surface area contributed by atoms with E-state index in [-0.39, 0.29) is 22.2 Å². The number of carbonyl (C=O) groups is 2. The molecule has 0 aliphatic rings. The SMILES string of the molecule is CCOC=C(C(=O)O)C(=O)c1c(Br)cc(Br)c(F)c1C. The molecule has 108 valence electrons. The zero-order valence-corrected chi connectivity index (χ0v) is 13.8. The van der Waals surface area contributed by atoms with E-state index in [0.29, 0.717) is 4.47 Å². The molecule has 0 amide bonds. The Morgan fingerprint density at radius 2 is 2.00 bits per heavy atom. The summed E-state index contributed by atoms with van der Waals surface area (Å²) in [6.45, 7) is 3.28. The standard InChI is InChI=1S/C13H11Br2FO4/c1-3-20-5-7(13(18)19)12(17)10-6(2)11(16)9(15)4-8(10)14/h4-5H,3H2,1-2H3,(H,18,19). The summed E-state index contributed by atoms with van der Waals surface area (Å²) in [6, 6.07) is 1.36. The lowest BCUT2D eigenvalue weighted by Crippen LogP contribution is -2.16. The molecule has 0 saturated heterocycles. The van der Waals surface area contributed by atoms with Gasteiger partial charge in [-0.05, 0) is 57.3 Å². The third-order valence-corrected chi connectivity index (χ3v) is 3.68. The van der Waals surface area contributed by atoms with E-state index >= 15 is 0 Å². The topological polar surface area (TPSA) is 63.6 Å². The van der Waals surface area contributed by atoms with Gasteiger partial charge in [0.1, 0.15) is 17.7 Å². The highest BCUT2D eigenvalue weighted by Gasteiger charge is 2.26. The molecule has 4 nitrogen and oxygen atoms in total. The number of Topliss-reactive ketones (excluding diaryl/α,β-unsaturated/α-hetero) is 1. The van der Waals surface area contributed by atoms with Crippen LogP contribution in [0, 0.1) is 12.7 Å². The number of ketones is 1. The van der Waals surface area contributed by atoms with E-state index in [2.05, 4.69) is 31.9 Å². The van der Waals surface area contributed by atoms with Crippen LogP contribution in [0.5, 0.6) is 0 Å². The molecule has 0 unspecified atom stereocenters. The molecule has 0 atom stereocenters. The molecule has 20 heavy (non-hydrogen) atoms. The van der Waals surface area contributed by atoms with Gasteiger partial charge in [-0.15, -0.1) is 0 Å². The van der Waals surface area contributed by atoms with Crippen LogP contribution in [0.4, 0.5) is 4.39 Å². The second-order valence-electron chi connectivity index (χ2n) is 3.78. The fourth-order valence-corrected chi connectivity index (χ4v) is 3.04. The lowest BCUT2D eigenvalue weighted by molar-refractivity contribution is -0.132. The first-order chi connectivity index (χ1) is 9.31. The molecule has 1 aromatic carbocycles. The smallest absolute Gasteiger partial charge is 0.342 e. The number of carbonyl (C=O) groups excluding carboxylic acids is 1. The molecule has 0 aliphatic heterocycles. The van der Waals surface area contributed by atoms with Crippen molar-refractivity contribution in [2.24, 2.45) is 0 Å². The highest BCUT2D eigenvalue weighted by molar-refractivity contribution is 9.11. The van der Waals surface area contributed by atoms with Crippen LogP contribution in [0.1, 0.15) is 22.8 Å². The zero-order valence-electron chi connectivity index (χ0n) is 10.7. The molecule has 0 heterocycles. The largest absolute Gasteiger partial charge is 0.500 e. The summed E-state index contributed by atoms with van der Waals surface area (Å²) in [5, 5.41) is 9.05. The van der Waals surface area contributed by atoms with E-state index in [0.717, 1.165) is 6.26 Å². The Morgan fingerprint density at radius 3 is 2.50 bits per heavy atom. The average Bonchev–Trinajstić information content (AvgIpc) is 2.36. The maximum absolute atomic E-state index is 13.8. The van der Waals surface area contributed by atoms with Crippen molar-refractivity contribution in [3.8, 4) is 0 Å². The Hall–Kier alpha value is -1.21. The van der Waals surface area contributed by atoms with Crippen LogP contribution in [-0.4, -0.2) is 23.5 Å². The summed E-state index contributed by atoms with van der Waals surface area (Å²) in [6.07, 6.45) is 0.872. The molecule has 0 aromatic heterocycles. The Balaban J connectivity index is 3.40. The van der Waals surface area contributed by atoms with E-state index in [4.69, 9.17) is 9.84 Å². The van der Waals surface area contributed by atoms with Crippen molar-refractivity contribution < 1.29 is 23.8 Å². The Bertz CT molecular complexity index is 597. The third-order valence-electron chi connectivity index (χ3n) is 2.48. The van der Waals surface area contributed by atoms with Crippen molar-refractivity contribution in [3.63, 3.8) is 0 Å². The first-order valence-corrected chi connectivity index (χ1v) is 7.13. The molecule has 0 saturated carbocycles. The average molecular weight is 410 g/mol. The second kappa shape index (κ2) is 6.99. The number of benzene rings is 1. The highest BCUT2D eigenvalue weighted by Crippen LogP contribution is 2.30. The fourth-order valence-electron chi connectivity index (χ4n) is 1.50.